The van der Waals surface area contributed by atoms with Crippen LogP contribution in [0.4, 0.5) is 0 Å². The zero-order valence-corrected chi connectivity index (χ0v) is 13.1. The highest BCUT2D eigenvalue weighted by atomic mass is 16.6. The minimum atomic E-state index is -0.239. The molecule has 0 aromatic rings. The molecule has 0 saturated carbocycles. The van der Waals surface area contributed by atoms with Crippen molar-refractivity contribution in [2.75, 3.05) is 13.2 Å². The van der Waals surface area contributed by atoms with Gasteiger partial charge in [-0.2, -0.15) is 0 Å². The molecule has 0 N–H and O–H groups in total. The fourth-order valence-corrected chi connectivity index (χ4v) is 2.12. The van der Waals surface area contributed by atoms with Crippen molar-refractivity contribution < 1.29 is 14.3 Å². The van der Waals surface area contributed by atoms with Crippen LogP contribution in [0.3, 0.4) is 0 Å². The summed E-state index contributed by atoms with van der Waals surface area (Å²) in [5.41, 5.74) is 0. The second-order valence-corrected chi connectivity index (χ2v) is 5.08. The first-order chi connectivity index (χ1) is 9.24. The highest BCUT2D eigenvalue weighted by molar-refractivity contribution is 5.70. The first-order valence-electron chi connectivity index (χ1n) is 8.01. The van der Waals surface area contributed by atoms with Crippen molar-refractivity contribution >= 4 is 5.97 Å². The van der Waals surface area contributed by atoms with Crippen LogP contribution in [-0.2, 0) is 14.3 Å². The highest BCUT2D eigenvalue weighted by Crippen LogP contribution is 2.15. The average molecular weight is 272 g/mol. The van der Waals surface area contributed by atoms with Crippen molar-refractivity contribution in [3.05, 3.63) is 0 Å². The first-order valence-corrected chi connectivity index (χ1v) is 8.01. The summed E-state index contributed by atoms with van der Waals surface area (Å²) in [7, 11) is 0. The molecule has 3 nitrogen and oxygen atoms in total. The number of unbranched alkanes of at least 4 members (excludes halogenated alkanes) is 5. The Morgan fingerprint density at radius 3 is 2.05 bits per heavy atom. The maximum absolute atomic E-state index is 11.3. The lowest BCUT2D eigenvalue weighted by atomic mass is 10.0. The minimum Gasteiger partial charge on any atom is -0.464 e. The Balaban J connectivity index is 3.84. The Morgan fingerprint density at radius 1 is 0.895 bits per heavy atom. The Bertz CT molecular complexity index is 204. The van der Waals surface area contributed by atoms with Gasteiger partial charge in [-0.05, 0) is 19.8 Å². The van der Waals surface area contributed by atoms with E-state index in [9.17, 15) is 4.79 Å². The summed E-state index contributed by atoms with van der Waals surface area (Å²) in [6, 6.07) is 0. The van der Waals surface area contributed by atoms with E-state index in [2.05, 4.69) is 13.8 Å². The van der Waals surface area contributed by atoms with Crippen molar-refractivity contribution in [2.24, 2.45) is 0 Å². The average Bonchev–Trinajstić information content (AvgIpc) is 2.40. The van der Waals surface area contributed by atoms with Gasteiger partial charge in [0.25, 0.3) is 0 Å². The van der Waals surface area contributed by atoms with Crippen LogP contribution < -0.4 is 0 Å². The Labute approximate surface area is 119 Å². The fraction of sp³-hybridized carbons (Fsp3) is 0.938. The Kier molecular flexibility index (Phi) is 13.4. The molecule has 0 spiro atoms. The number of esters is 1. The zero-order valence-electron chi connectivity index (χ0n) is 13.1. The minimum absolute atomic E-state index is 0.110. The number of rotatable bonds is 13. The molecule has 1 unspecified atom stereocenters. The van der Waals surface area contributed by atoms with Gasteiger partial charge in [-0.1, -0.05) is 58.8 Å². The lowest BCUT2D eigenvalue weighted by Gasteiger charge is -2.17. The number of ether oxygens (including phenoxy) is 2. The van der Waals surface area contributed by atoms with Gasteiger partial charge >= 0.3 is 5.97 Å². The summed E-state index contributed by atoms with van der Waals surface area (Å²) < 4.78 is 10.6. The molecule has 0 bridgehead atoms. The summed E-state index contributed by atoms with van der Waals surface area (Å²) in [4.78, 5) is 11.3. The lowest BCUT2D eigenvalue weighted by molar-refractivity contribution is -0.150. The van der Waals surface area contributed by atoms with Crippen molar-refractivity contribution in [2.45, 2.75) is 84.7 Å². The number of carbonyl (C=O) groups excluding carboxylic acids is 1. The molecule has 0 aromatic carbocycles. The van der Waals surface area contributed by atoms with Crippen LogP contribution in [0.1, 0.15) is 78.6 Å². The van der Waals surface area contributed by atoms with Crippen LogP contribution >= 0.6 is 0 Å². The van der Waals surface area contributed by atoms with Crippen LogP contribution in [0.25, 0.3) is 0 Å². The standard InChI is InChI=1S/C16H32O3/c1-4-7-9-11-13-15(12-10-8-5-2)19-14-16(17)18-6-3/h15H,4-14H2,1-3H3. The van der Waals surface area contributed by atoms with Gasteiger partial charge in [0.15, 0.2) is 0 Å². The largest absolute Gasteiger partial charge is 0.464 e. The topological polar surface area (TPSA) is 35.5 Å². The molecular formula is C16H32O3. The predicted octanol–water partition coefficient (Wildman–Crippen LogP) is 4.49. The smallest absolute Gasteiger partial charge is 0.332 e. The molecule has 0 radical (unpaired) electrons. The fourth-order valence-electron chi connectivity index (χ4n) is 2.12. The monoisotopic (exact) mass is 272 g/mol. The summed E-state index contributed by atoms with van der Waals surface area (Å²) >= 11 is 0. The Morgan fingerprint density at radius 2 is 1.47 bits per heavy atom. The van der Waals surface area contributed by atoms with E-state index in [-0.39, 0.29) is 18.7 Å². The van der Waals surface area contributed by atoms with Crippen LogP contribution in [0.15, 0.2) is 0 Å². The lowest BCUT2D eigenvalue weighted by Crippen LogP contribution is -2.20. The maximum atomic E-state index is 11.3. The molecule has 19 heavy (non-hydrogen) atoms. The van der Waals surface area contributed by atoms with Gasteiger partial charge in [0.05, 0.1) is 12.7 Å². The molecule has 1 atom stereocenters. The molecule has 0 saturated heterocycles. The molecule has 0 aliphatic heterocycles. The van der Waals surface area contributed by atoms with Crippen molar-refractivity contribution in [1.29, 1.82) is 0 Å². The molecule has 0 aliphatic carbocycles. The molecule has 0 rings (SSSR count). The molecule has 0 amide bonds. The number of hydrogen-bond acceptors (Lipinski definition) is 3. The SMILES string of the molecule is CCCCCCC(CCCCC)OCC(=O)OCC. The summed E-state index contributed by atoms with van der Waals surface area (Å²) in [6.45, 7) is 6.78. The second kappa shape index (κ2) is 13.9. The van der Waals surface area contributed by atoms with Gasteiger partial charge in [-0.25, -0.2) is 4.79 Å². The van der Waals surface area contributed by atoms with Gasteiger partial charge in [0.2, 0.25) is 0 Å². The molecule has 0 heterocycles. The van der Waals surface area contributed by atoms with E-state index in [4.69, 9.17) is 9.47 Å². The van der Waals surface area contributed by atoms with Gasteiger partial charge in [-0.3, -0.25) is 0 Å². The maximum Gasteiger partial charge on any atom is 0.332 e. The van der Waals surface area contributed by atoms with Crippen LogP contribution in [0.5, 0.6) is 0 Å². The third-order valence-electron chi connectivity index (χ3n) is 3.25. The second-order valence-electron chi connectivity index (χ2n) is 5.08. The van der Waals surface area contributed by atoms with Gasteiger partial charge < -0.3 is 9.47 Å². The zero-order chi connectivity index (χ0) is 14.3. The van der Waals surface area contributed by atoms with E-state index < -0.39 is 0 Å². The quantitative estimate of drug-likeness (QED) is 0.366. The van der Waals surface area contributed by atoms with Crippen molar-refractivity contribution in [3.63, 3.8) is 0 Å². The van der Waals surface area contributed by atoms with Gasteiger partial charge in [0.1, 0.15) is 6.61 Å². The Hall–Kier alpha value is -0.570. The van der Waals surface area contributed by atoms with Crippen LogP contribution in [0, 0.1) is 0 Å². The van der Waals surface area contributed by atoms with E-state index >= 15 is 0 Å². The summed E-state index contributed by atoms with van der Waals surface area (Å²) in [5.74, 6) is -0.239. The molecular weight excluding hydrogens is 240 g/mol. The van der Waals surface area contributed by atoms with Crippen LogP contribution in [-0.4, -0.2) is 25.3 Å². The van der Waals surface area contributed by atoms with E-state index in [0.717, 1.165) is 12.8 Å². The summed E-state index contributed by atoms with van der Waals surface area (Å²) in [5, 5.41) is 0. The summed E-state index contributed by atoms with van der Waals surface area (Å²) in [6.07, 6.45) is 11.0. The van der Waals surface area contributed by atoms with Gasteiger partial charge in [-0.15, -0.1) is 0 Å². The predicted molar refractivity (Wildman–Crippen MR) is 79.3 cm³/mol. The molecule has 0 aliphatic rings. The third-order valence-corrected chi connectivity index (χ3v) is 3.25. The van der Waals surface area contributed by atoms with Crippen LogP contribution in [0.2, 0.25) is 0 Å². The number of carbonyl (C=O) groups is 1. The normalized spacial score (nSPS) is 12.4. The molecule has 0 aromatic heterocycles. The van der Waals surface area contributed by atoms with E-state index in [1.165, 1.54) is 44.9 Å². The van der Waals surface area contributed by atoms with E-state index in [0.29, 0.717) is 6.61 Å². The van der Waals surface area contributed by atoms with Gasteiger partial charge in [0, 0.05) is 0 Å². The van der Waals surface area contributed by atoms with Crippen molar-refractivity contribution in [1.82, 2.24) is 0 Å². The van der Waals surface area contributed by atoms with Crippen molar-refractivity contribution in [3.8, 4) is 0 Å². The molecule has 3 heteroatoms. The molecule has 0 fully saturated rings. The number of hydrogen-bond donors (Lipinski definition) is 0. The van der Waals surface area contributed by atoms with E-state index in [1.54, 1.807) is 0 Å². The first kappa shape index (κ1) is 18.4. The third kappa shape index (κ3) is 12.2. The highest BCUT2D eigenvalue weighted by Gasteiger charge is 2.11. The van der Waals surface area contributed by atoms with E-state index in [1.807, 2.05) is 6.92 Å². The molecule has 114 valence electrons.